The second kappa shape index (κ2) is 15.6. The van der Waals surface area contributed by atoms with E-state index in [-0.39, 0.29) is 12.0 Å². The van der Waals surface area contributed by atoms with Crippen LogP contribution < -0.4 is 15.0 Å². The number of ether oxygens (including phenoxy) is 2. The van der Waals surface area contributed by atoms with Crippen LogP contribution in [-0.4, -0.2) is 49.5 Å². The second-order valence-electron chi connectivity index (χ2n) is 12.4. The molecular formula is C35H45ClN3O5S-. The Bertz CT molecular complexity index is 1490. The quantitative estimate of drug-likeness (QED) is 0.281. The lowest BCUT2D eigenvalue weighted by Crippen LogP contribution is -2.43. The number of benzene rings is 2. The van der Waals surface area contributed by atoms with Gasteiger partial charge in [0.25, 0.3) is 5.91 Å². The maximum Gasteiger partial charge on any atom is 0.254 e. The van der Waals surface area contributed by atoms with Gasteiger partial charge in [0.05, 0.1) is 18.4 Å². The smallest absolute Gasteiger partial charge is 0.254 e. The zero-order chi connectivity index (χ0) is 31.9. The van der Waals surface area contributed by atoms with Crippen molar-refractivity contribution in [2.45, 2.75) is 89.2 Å². The summed E-state index contributed by atoms with van der Waals surface area (Å²) in [5.74, 6) is 0.782. The summed E-state index contributed by atoms with van der Waals surface area (Å²) in [6.07, 6.45) is 10.6. The molecule has 1 saturated carbocycles. The van der Waals surface area contributed by atoms with Gasteiger partial charge in [-0.15, -0.1) is 0 Å². The lowest BCUT2D eigenvalue weighted by Gasteiger charge is -2.43. The number of rotatable bonds is 4. The third-order valence-corrected chi connectivity index (χ3v) is 11.2. The van der Waals surface area contributed by atoms with Crippen molar-refractivity contribution < 1.29 is 23.3 Å². The van der Waals surface area contributed by atoms with E-state index in [2.05, 4.69) is 38.9 Å². The lowest BCUT2D eigenvalue weighted by molar-refractivity contribution is -0.121. The lowest BCUT2D eigenvalue weighted by atomic mass is 9.70. The van der Waals surface area contributed by atoms with Gasteiger partial charge in [-0.3, -0.25) is 9.59 Å². The van der Waals surface area contributed by atoms with Crippen molar-refractivity contribution >= 4 is 39.7 Å². The van der Waals surface area contributed by atoms with Crippen LogP contribution in [0, 0.1) is 11.8 Å². The van der Waals surface area contributed by atoms with Crippen molar-refractivity contribution in [1.29, 1.82) is 0 Å². The molecule has 0 aromatic heterocycles. The maximum absolute atomic E-state index is 13.6. The monoisotopic (exact) mass is 654 g/mol. The molecule has 0 spiro atoms. The number of carbonyl (C=O) groups is 2. The molecule has 1 fully saturated rings. The largest absolute Gasteiger partial charge is 0.491 e. The second-order valence-corrected chi connectivity index (χ2v) is 14.2. The van der Waals surface area contributed by atoms with E-state index in [4.69, 9.17) is 21.1 Å². The van der Waals surface area contributed by atoms with Gasteiger partial charge in [0, 0.05) is 43.2 Å². The fourth-order valence-electron chi connectivity index (χ4n) is 6.65. The van der Waals surface area contributed by atoms with Crippen LogP contribution in [-0.2, 0) is 37.3 Å². The molecule has 10 heteroatoms. The van der Waals surface area contributed by atoms with E-state index < -0.39 is 27.8 Å². The summed E-state index contributed by atoms with van der Waals surface area (Å²) in [5.41, 5.74) is 3.62. The normalized spacial score (nSPS) is 25.3. The Morgan fingerprint density at radius 1 is 1.18 bits per heavy atom. The van der Waals surface area contributed by atoms with Crippen LogP contribution in [0.15, 0.2) is 52.9 Å². The van der Waals surface area contributed by atoms with Crippen LogP contribution in [0.5, 0.6) is 5.75 Å². The fourth-order valence-corrected chi connectivity index (χ4v) is 8.01. The first kappa shape index (κ1) is 33.5. The Morgan fingerprint density at radius 3 is 2.78 bits per heavy atom. The standard InChI is InChI=1S/C35H45ClN3O5S/c1-4-34(40)37-23(2)33-11-6-5-10-31(43-3)29-16-13-27(29)22-39-21-26-12-15-28(36)19-24(26)9-7-8-18-44-32-17-14-25(20-30(32)39)35(41)38-45(33)42/h5,10,12,14-15,17,19-20,23,27,29,31,33H,4,6-9,11,13,16,18,21-22H2,1-3H3,(H,37,40)/q-1. The summed E-state index contributed by atoms with van der Waals surface area (Å²) in [6.45, 7) is 5.57. The molecule has 2 bridgehead atoms. The van der Waals surface area contributed by atoms with Gasteiger partial charge in [-0.25, -0.2) is 0 Å². The van der Waals surface area contributed by atoms with E-state index in [9.17, 15) is 13.8 Å². The van der Waals surface area contributed by atoms with Crippen LogP contribution in [0.2, 0.25) is 5.02 Å². The minimum absolute atomic E-state index is 0.0406. The van der Waals surface area contributed by atoms with E-state index in [0.29, 0.717) is 49.8 Å². The summed E-state index contributed by atoms with van der Waals surface area (Å²) in [6, 6.07) is 11.1. The van der Waals surface area contributed by atoms with Crippen LogP contribution in [0.25, 0.3) is 0 Å². The number of allylic oxidation sites excluding steroid dienone is 1. The Morgan fingerprint density at radius 2 is 2.02 bits per heavy atom. The van der Waals surface area contributed by atoms with Gasteiger partial charge < -0.3 is 28.3 Å². The molecule has 2 aromatic carbocycles. The van der Waals surface area contributed by atoms with Crippen LogP contribution in [0.4, 0.5) is 5.69 Å². The number of methoxy groups -OCH3 is 1. The number of halogens is 1. The highest BCUT2D eigenvalue weighted by molar-refractivity contribution is 7.76. The molecule has 2 heterocycles. The Labute approximate surface area is 274 Å². The number of aryl methyl sites for hydroxylation is 1. The molecule has 244 valence electrons. The van der Waals surface area contributed by atoms with Crippen molar-refractivity contribution in [2.75, 3.05) is 25.2 Å². The first-order valence-electron chi connectivity index (χ1n) is 16.2. The highest BCUT2D eigenvalue weighted by Crippen LogP contribution is 2.42. The Hall–Kier alpha value is -2.88. The molecule has 3 aliphatic rings. The summed E-state index contributed by atoms with van der Waals surface area (Å²) in [5, 5.41) is 3.13. The molecule has 1 N–H and O–H groups in total. The van der Waals surface area contributed by atoms with Gasteiger partial charge >= 0.3 is 0 Å². The van der Waals surface area contributed by atoms with Gasteiger partial charge in [0.1, 0.15) is 5.75 Å². The minimum atomic E-state index is -1.86. The van der Waals surface area contributed by atoms with Crippen molar-refractivity contribution in [1.82, 2.24) is 5.32 Å². The molecule has 5 unspecified atom stereocenters. The molecule has 0 radical (unpaired) electrons. The van der Waals surface area contributed by atoms with Crippen LogP contribution in [0.1, 0.15) is 80.3 Å². The summed E-state index contributed by atoms with van der Waals surface area (Å²) in [7, 11) is -0.100. The number of fused-ring (bicyclic) bond motifs is 3. The predicted octanol–water partition coefficient (Wildman–Crippen LogP) is 7.02. The van der Waals surface area contributed by atoms with E-state index in [1.165, 1.54) is 11.1 Å². The van der Waals surface area contributed by atoms with Crippen molar-refractivity contribution in [2.24, 2.45) is 16.2 Å². The van der Waals surface area contributed by atoms with Crippen LogP contribution in [0.3, 0.4) is 0 Å². The first-order chi connectivity index (χ1) is 21.8. The zero-order valence-electron chi connectivity index (χ0n) is 26.5. The number of hydrogen-bond donors (Lipinski definition) is 1. The molecular weight excluding hydrogens is 610 g/mol. The molecule has 2 aromatic rings. The molecule has 1 aliphatic carbocycles. The van der Waals surface area contributed by atoms with Crippen molar-refractivity contribution in [3.05, 3.63) is 70.3 Å². The van der Waals surface area contributed by atoms with Crippen LogP contribution >= 0.6 is 11.6 Å². The number of hydrogen-bond acceptors (Lipinski definition) is 7. The summed E-state index contributed by atoms with van der Waals surface area (Å²) < 4.78 is 30.1. The third-order valence-electron chi connectivity index (χ3n) is 9.44. The molecule has 2 aliphatic heterocycles. The van der Waals surface area contributed by atoms with Gasteiger partial charge in [0.2, 0.25) is 5.91 Å². The highest BCUT2D eigenvalue weighted by Gasteiger charge is 2.38. The molecule has 5 atom stereocenters. The minimum Gasteiger partial charge on any atom is -0.491 e. The average Bonchev–Trinajstić information content (AvgIpc) is 3.04. The molecule has 8 nitrogen and oxygen atoms in total. The average molecular weight is 655 g/mol. The zero-order valence-corrected chi connectivity index (χ0v) is 28.1. The first-order valence-corrected chi connectivity index (χ1v) is 17.8. The molecule has 5 rings (SSSR count). The number of carbonyl (C=O) groups excluding carboxylic acids is 2. The van der Waals surface area contributed by atoms with Gasteiger partial charge in [-0.05, 0) is 98.7 Å². The SMILES string of the molecule is CCC(=O)NC(C)C1CCC=CC(OC)C2CCC2CN2Cc3ccc(Cl)cc3CCCCOc3ccc(cc32)C(=O)N=[S-]1=O. The maximum atomic E-state index is 13.6. The molecule has 45 heavy (non-hydrogen) atoms. The summed E-state index contributed by atoms with van der Waals surface area (Å²) in [4.78, 5) is 28.1. The Balaban J connectivity index is 1.59. The fraction of sp³-hybridized carbons (Fsp3) is 0.543. The number of nitrogens with one attached hydrogen (secondary N) is 1. The Kier molecular flexibility index (Phi) is 11.6. The predicted molar refractivity (Wildman–Crippen MR) is 179 cm³/mol. The van der Waals surface area contributed by atoms with E-state index in [0.717, 1.165) is 55.1 Å². The van der Waals surface area contributed by atoms with Gasteiger partial charge in [-0.1, -0.05) is 48.4 Å². The summed E-state index contributed by atoms with van der Waals surface area (Å²) >= 11 is 6.43. The molecule has 0 saturated heterocycles. The third kappa shape index (κ3) is 8.29. The van der Waals surface area contributed by atoms with Crippen molar-refractivity contribution in [3.63, 3.8) is 0 Å². The number of anilines is 1. The van der Waals surface area contributed by atoms with Crippen molar-refractivity contribution in [3.8, 4) is 5.75 Å². The van der Waals surface area contributed by atoms with E-state index in [1.807, 2.05) is 25.1 Å². The molecule has 2 amide bonds. The van der Waals surface area contributed by atoms with Gasteiger partial charge in [-0.2, -0.15) is 10.6 Å². The van der Waals surface area contributed by atoms with E-state index >= 15 is 0 Å². The topological polar surface area (TPSA) is 97.3 Å². The van der Waals surface area contributed by atoms with Gasteiger partial charge in [0.15, 0.2) is 0 Å². The van der Waals surface area contributed by atoms with E-state index in [1.54, 1.807) is 20.1 Å². The number of nitrogens with zero attached hydrogens (tertiary/aromatic N) is 2. The number of amides is 2. The highest BCUT2D eigenvalue weighted by atomic mass is 35.5.